The maximum Gasteiger partial charge on any atom is 0.325 e. The van der Waals surface area contributed by atoms with Gasteiger partial charge in [-0.1, -0.05) is 18.2 Å². The van der Waals surface area contributed by atoms with E-state index in [-0.39, 0.29) is 12.3 Å². The second-order valence-electron chi connectivity index (χ2n) is 4.13. The number of hydrogen-bond acceptors (Lipinski definition) is 3. The van der Waals surface area contributed by atoms with Crippen molar-refractivity contribution in [1.82, 2.24) is 5.32 Å². The summed E-state index contributed by atoms with van der Waals surface area (Å²) in [5.41, 5.74) is 1.02. The first-order valence-electron chi connectivity index (χ1n) is 5.79. The van der Waals surface area contributed by atoms with Crippen LogP contribution in [0.2, 0.25) is 0 Å². The predicted octanol–water partition coefficient (Wildman–Crippen LogP) is 1.10. The number of para-hydroxylation sites is 1. The number of rotatable bonds is 6. The predicted molar refractivity (Wildman–Crippen MR) is 69.6 cm³/mol. The smallest absolute Gasteiger partial charge is 0.325 e. The van der Waals surface area contributed by atoms with E-state index in [1.54, 1.807) is 0 Å². The van der Waals surface area contributed by atoms with Crippen molar-refractivity contribution in [2.75, 3.05) is 18.5 Å². The molecule has 0 fully saturated rings. The summed E-state index contributed by atoms with van der Waals surface area (Å²) in [6.07, 6.45) is 0.267. The highest BCUT2D eigenvalue weighted by Crippen LogP contribution is 2.10. The number of anilines is 1. The van der Waals surface area contributed by atoms with Crippen molar-refractivity contribution >= 4 is 17.6 Å². The lowest BCUT2D eigenvalue weighted by Gasteiger charge is -2.19. The van der Waals surface area contributed by atoms with Crippen LogP contribution in [0.4, 0.5) is 5.69 Å². The largest absolute Gasteiger partial charge is 0.480 e. The molecule has 2 N–H and O–H groups in total. The topological polar surface area (TPSA) is 69.6 Å². The van der Waals surface area contributed by atoms with Crippen molar-refractivity contribution in [3.8, 4) is 0 Å². The lowest BCUT2D eigenvalue weighted by molar-refractivity contribution is -0.141. The number of carbonyl (C=O) groups is 2. The molecule has 1 amide bonds. The highest BCUT2D eigenvalue weighted by Gasteiger charge is 2.13. The van der Waals surface area contributed by atoms with Crippen LogP contribution in [0.25, 0.3) is 0 Å². The Kier molecular flexibility index (Phi) is 5.17. The van der Waals surface area contributed by atoms with E-state index in [0.29, 0.717) is 6.54 Å². The van der Waals surface area contributed by atoms with Gasteiger partial charge < -0.3 is 15.3 Å². The lowest BCUT2D eigenvalue weighted by Crippen LogP contribution is -2.39. The molecule has 0 aromatic heterocycles. The van der Waals surface area contributed by atoms with E-state index in [0.717, 1.165) is 5.69 Å². The number of amides is 1. The summed E-state index contributed by atoms with van der Waals surface area (Å²) >= 11 is 0. The van der Waals surface area contributed by atoms with Crippen molar-refractivity contribution in [2.45, 2.75) is 19.4 Å². The van der Waals surface area contributed by atoms with Crippen molar-refractivity contribution < 1.29 is 14.7 Å². The molecule has 0 saturated heterocycles. The molecular formula is C13H18N2O3. The van der Waals surface area contributed by atoms with Crippen LogP contribution in [0.1, 0.15) is 13.3 Å². The van der Waals surface area contributed by atoms with Crippen LogP contribution in [-0.2, 0) is 9.59 Å². The van der Waals surface area contributed by atoms with Crippen molar-refractivity contribution in [1.29, 1.82) is 0 Å². The summed E-state index contributed by atoms with van der Waals surface area (Å²) in [4.78, 5) is 24.0. The van der Waals surface area contributed by atoms with Crippen molar-refractivity contribution in [3.63, 3.8) is 0 Å². The quantitative estimate of drug-likeness (QED) is 0.793. The number of hydrogen-bond donors (Lipinski definition) is 2. The monoisotopic (exact) mass is 250 g/mol. The number of carboxylic acids is 1. The molecule has 1 atom stereocenters. The third-order valence-corrected chi connectivity index (χ3v) is 2.62. The second-order valence-corrected chi connectivity index (χ2v) is 4.13. The summed E-state index contributed by atoms with van der Waals surface area (Å²) in [5, 5.41) is 11.1. The fourth-order valence-electron chi connectivity index (χ4n) is 1.46. The van der Waals surface area contributed by atoms with Gasteiger partial charge in [0.05, 0.1) is 0 Å². The Morgan fingerprint density at radius 2 is 1.94 bits per heavy atom. The molecule has 0 heterocycles. The summed E-state index contributed by atoms with van der Waals surface area (Å²) in [5.74, 6) is -1.28. The van der Waals surface area contributed by atoms with Crippen LogP contribution < -0.4 is 10.2 Å². The van der Waals surface area contributed by atoms with Gasteiger partial charge in [-0.25, -0.2) is 0 Å². The molecular weight excluding hydrogens is 232 g/mol. The molecule has 0 aliphatic heterocycles. The van der Waals surface area contributed by atoms with E-state index >= 15 is 0 Å². The van der Waals surface area contributed by atoms with Crippen LogP contribution in [0, 0.1) is 0 Å². The van der Waals surface area contributed by atoms with E-state index in [9.17, 15) is 9.59 Å². The van der Waals surface area contributed by atoms with Crippen LogP contribution in [0.5, 0.6) is 0 Å². The summed E-state index contributed by atoms with van der Waals surface area (Å²) in [7, 11) is 1.89. The van der Waals surface area contributed by atoms with Gasteiger partial charge in [0.1, 0.15) is 6.04 Å². The molecule has 18 heavy (non-hydrogen) atoms. The Bertz CT molecular complexity index is 406. The maximum absolute atomic E-state index is 11.5. The Balaban J connectivity index is 2.37. The molecule has 0 spiro atoms. The number of carbonyl (C=O) groups excluding carboxylic acids is 1. The Morgan fingerprint density at radius 3 is 2.50 bits per heavy atom. The fourth-order valence-corrected chi connectivity index (χ4v) is 1.46. The van der Waals surface area contributed by atoms with Gasteiger partial charge in [-0.3, -0.25) is 9.59 Å². The van der Waals surface area contributed by atoms with Gasteiger partial charge in [0, 0.05) is 25.7 Å². The molecule has 5 nitrogen and oxygen atoms in total. The van der Waals surface area contributed by atoms with Gasteiger partial charge in [0.25, 0.3) is 0 Å². The Labute approximate surface area is 106 Å². The number of benzene rings is 1. The molecule has 0 aliphatic carbocycles. The first-order chi connectivity index (χ1) is 8.50. The number of nitrogens with one attached hydrogen (secondary N) is 1. The number of carboxylic acid groups (broad SMARTS) is 1. The average Bonchev–Trinajstić information content (AvgIpc) is 2.36. The molecule has 1 aromatic rings. The third kappa shape index (κ3) is 4.45. The SMILES string of the molecule is CC(NC(=O)CCN(C)c1ccccc1)C(=O)O. The molecule has 0 radical (unpaired) electrons. The van der Waals surface area contributed by atoms with E-state index in [4.69, 9.17) is 5.11 Å². The standard InChI is InChI=1S/C13H18N2O3/c1-10(13(17)18)14-12(16)8-9-15(2)11-6-4-3-5-7-11/h3-7,10H,8-9H2,1-2H3,(H,14,16)(H,17,18). The number of aliphatic carboxylic acids is 1. The van der Waals surface area contributed by atoms with E-state index < -0.39 is 12.0 Å². The average molecular weight is 250 g/mol. The van der Waals surface area contributed by atoms with Gasteiger partial charge in [-0.2, -0.15) is 0 Å². The molecule has 5 heteroatoms. The molecule has 1 aromatic carbocycles. The first kappa shape index (κ1) is 14.0. The minimum atomic E-state index is -1.03. The summed E-state index contributed by atoms with van der Waals surface area (Å²) < 4.78 is 0. The molecule has 0 bridgehead atoms. The van der Waals surface area contributed by atoms with E-state index in [2.05, 4.69) is 5.32 Å². The van der Waals surface area contributed by atoms with Gasteiger partial charge in [0.2, 0.25) is 5.91 Å². The summed E-state index contributed by atoms with van der Waals surface area (Å²) in [6.45, 7) is 1.99. The highest BCUT2D eigenvalue weighted by atomic mass is 16.4. The minimum absolute atomic E-state index is 0.257. The van der Waals surface area contributed by atoms with E-state index in [1.807, 2.05) is 42.3 Å². The molecule has 0 saturated carbocycles. The van der Waals surface area contributed by atoms with Crippen molar-refractivity contribution in [3.05, 3.63) is 30.3 Å². The maximum atomic E-state index is 11.5. The van der Waals surface area contributed by atoms with Crippen LogP contribution in [-0.4, -0.2) is 36.6 Å². The molecule has 98 valence electrons. The zero-order valence-corrected chi connectivity index (χ0v) is 10.6. The van der Waals surface area contributed by atoms with E-state index in [1.165, 1.54) is 6.92 Å². The fraction of sp³-hybridized carbons (Fsp3) is 0.385. The highest BCUT2D eigenvalue weighted by molar-refractivity contribution is 5.83. The van der Waals surface area contributed by atoms with Gasteiger partial charge >= 0.3 is 5.97 Å². The van der Waals surface area contributed by atoms with Gasteiger partial charge in [0.15, 0.2) is 0 Å². The normalized spacial score (nSPS) is 11.7. The zero-order chi connectivity index (χ0) is 13.5. The Hall–Kier alpha value is -2.04. The zero-order valence-electron chi connectivity index (χ0n) is 10.6. The van der Waals surface area contributed by atoms with Crippen LogP contribution in [0.15, 0.2) is 30.3 Å². The molecule has 1 rings (SSSR count). The van der Waals surface area contributed by atoms with Gasteiger partial charge in [-0.05, 0) is 19.1 Å². The van der Waals surface area contributed by atoms with Crippen molar-refractivity contribution in [2.24, 2.45) is 0 Å². The summed E-state index contributed by atoms with van der Waals surface area (Å²) in [6, 6.07) is 8.85. The molecule has 0 aliphatic rings. The first-order valence-corrected chi connectivity index (χ1v) is 5.79. The van der Waals surface area contributed by atoms with Crippen LogP contribution >= 0.6 is 0 Å². The minimum Gasteiger partial charge on any atom is -0.480 e. The molecule has 1 unspecified atom stereocenters. The lowest BCUT2D eigenvalue weighted by atomic mass is 10.2. The third-order valence-electron chi connectivity index (χ3n) is 2.62. The number of nitrogens with zero attached hydrogens (tertiary/aromatic N) is 1. The van der Waals surface area contributed by atoms with Crippen LogP contribution in [0.3, 0.4) is 0 Å². The second kappa shape index (κ2) is 6.64. The Morgan fingerprint density at radius 1 is 1.33 bits per heavy atom. The van der Waals surface area contributed by atoms with Gasteiger partial charge in [-0.15, -0.1) is 0 Å².